The van der Waals surface area contributed by atoms with E-state index < -0.39 is 0 Å². The van der Waals surface area contributed by atoms with Crippen LogP contribution in [-0.4, -0.2) is 27.3 Å². The van der Waals surface area contributed by atoms with Gasteiger partial charge in [-0.3, -0.25) is 0 Å². The van der Waals surface area contributed by atoms with Crippen LogP contribution in [0.5, 0.6) is 11.5 Å². The average Bonchev–Trinajstić information content (AvgIpc) is 2.42. The normalized spacial score (nSPS) is 10.8. The van der Waals surface area contributed by atoms with Crippen molar-refractivity contribution >= 4 is 6.08 Å². The van der Waals surface area contributed by atoms with Crippen molar-refractivity contribution in [3.8, 4) is 11.5 Å². The molecule has 0 heterocycles. The lowest BCUT2D eigenvalue weighted by Gasteiger charge is -2.07. The highest BCUT2D eigenvalue weighted by Crippen LogP contribution is 2.25. The van der Waals surface area contributed by atoms with Crippen molar-refractivity contribution in [2.24, 2.45) is 0 Å². The van der Waals surface area contributed by atoms with Gasteiger partial charge in [0.15, 0.2) is 0 Å². The van der Waals surface area contributed by atoms with Crippen LogP contribution in [0.4, 0.5) is 0 Å². The monoisotopic (exact) mass is 249 g/mol. The summed E-state index contributed by atoms with van der Waals surface area (Å²) in [6, 6.07) is 5.81. The summed E-state index contributed by atoms with van der Waals surface area (Å²) >= 11 is 0. The van der Waals surface area contributed by atoms with E-state index in [-0.39, 0.29) is 0 Å². The van der Waals surface area contributed by atoms with Crippen LogP contribution >= 0.6 is 0 Å². The SMILES string of the molecule is CCCNCCC=Cc1cc(OC)ccc1OC. The lowest BCUT2D eigenvalue weighted by atomic mass is 10.1. The van der Waals surface area contributed by atoms with Crippen LogP contribution < -0.4 is 14.8 Å². The van der Waals surface area contributed by atoms with Gasteiger partial charge >= 0.3 is 0 Å². The first-order valence-electron chi connectivity index (χ1n) is 6.41. The van der Waals surface area contributed by atoms with Gasteiger partial charge in [0.1, 0.15) is 11.5 Å². The Hall–Kier alpha value is -1.48. The van der Waals surface area contributed by atoms with E-state index in [1.807, 2.05) is 18.2 Å². The molecule has 1 aromatic carbocycles. The molecule has 3 heteroatoms. The molecular weight excluding hydrogens is 226 g/mol. The van der Waals surface area contributed by atoms with Gasteiger partial charge in [-0.05, 0) is 44.1 Å². The molecule has 0 fully saturated rings. The van der Waals surface area contributed by atoms with E-state index in [1.54, 1.807) is 14.2 Å². The molecule has 0 saturated heterocycles. The summed E-state index contributed by atoms with van der Waals surface area (Å²) < 4.78 is 10.5. The van der Waals surface area contributed by atoms with Crippen molar-refractivity contribution in [2.75, 3.05) is 27.3 Å². The van der Waals surface area contributed by atoms with Gasteiger partial charge in [-0.15, -0.1) is 0 Å². The molecule has 0 spiro atoms. The molecule has 0 aliphatic heterocycles. The first kappa shape index (κ1) is 14.6. The summed E-state index contributed by atoms with van der Waals surface area (Å²) in [7, 11) is 3.35. The molecule has 1 N–H and O–H groups in total. The Bertz CT molecular complexity index is 375. The maximum absolute atomic E-state index is 5.32. The smallest absolute Gasteiger partial charge is 0.126 e. The number of hydrogen-bond donors (Lipinski definition) is 1. The Kier molecular flexibility index (Phi) is 6.96. The first-order chi connectivity index (χ1) is 8.81. The predicted molar refractivity (Wildman–Crippen MR) is 76.4 cm³/mol. The van der Waals surface area contributed by atoms with Crippen molar-refractivity contribution in [3.63, 3.8) is 0 Å². The zero-order valence-corrected chi connectivity index (χ0v) is 11.5. The van der Waals surface area contributed by atoms with Crippen LogP contribution in [0.1, 0.15) is 25.3 Å². The van der Waals surface area contributed by atoms with Gasteiger partial charge in [-0.1, -0.05) is 19.1 Å². The van der Waals surface area contributed by atoms with Crippen LogP contribution in [0.3, 0.4) is 0 Å². The second-order valence-corrected chi connectivity index (χ2v) is 4.05. The van der Waals surface area contributed by atoms with E-state index in [9.17, 15) is 0 Å². The molecule has 0 radical (unpaired) electrons. The summed E-state index contributed by atoms with van der Waals surface area (Å²) in [5, 5.41) is 3.37. The van der Waals surface area contributed by atoms with Crippen LogP contribution in [0.15, 0.2) is 24.3 Å². The second-order valence-electron chi connectivity index (χ2n) is 4.05. The highest BCUT2D eigenvalue weighted by Gasteiger charge is 2.01. The lowest BCUT2D eigenvalue weighted by Crippen LogP contribution is -2.14. The summed E-state index contributed by atoms with van der Waals surface area (Å²) in [4.78, 5) is 0. The second kappa shape index (κ2) is 8.59. The van der Waals surface area contributed by atoms with Crippen LogP contribution in [0.25, 0.3) is 6.08 Å². The highest BCUT2D eigenvalue weighted by atomic mass is 16.5. The zero-order valence-electron chi connectivity index (χ0n) is 11.5. The summed E-state index contributed by atoms with van der Waals surface area (Å²) in [6.45, 7) is 4.26. The Labute approximate surface area is 110 Å². The maximum atomic E-state index is 5.32. The molecule has 0 saturated carbocycles. The van der Waals surface area contributed by atoms with E-state index in [1.165, 1.54) is 6.42 Å². The Balaban J connectivity index is 2.55. The van der Waals surface area contributed by atoms with Crippen molar-refractivity contribution in [1.29, 1.82) is 0 Å². The number of hydrogen-bond acceptors (Lipinski definition) is 3. The number of ether oxygens (including phenoxy) is 2. The van der Waals surface area contributed by atoms with Crippen molar-refractivity contribution in [3.05, 3.63) is 29.8 Å². The van der Waals surface area contributed by atoms with E-state index in [2.05, 4.69) is 24.4 Å². The number of benzene rings is 1. The summed E-state index contributed by atoms with van der Waals surface area (Å²) in [6.07, 6.45) is 6.42. The van der Waals surface area contributed by atoms with E-state index in [0.29, 0.717) is 0 Å². The Morgan fingerprint density at radius 2 is 2.00 bits per heavy atom. The fraction of sp³-hybridized carbons (Fsp3) is 0.467. The van der Waals surface area contributed by atoms with Crippen molar-refractivity contribution in [1.82, 2.24) is 5.32 Å². The molecule has 0 aliphatic rings. The minimum Gasteiger partial charge on any atom is -0.497 e. The summed E-state index contributed by atoms with van der Waals surface area (Å²) in [5.41, 5.74) is 1.05. The average molecular weight is 249 g/mol. The third-order valence-electron chi connectivity index (χ3n) is 2.65. The van der Waals surface area contributed by atoms with Gasteiger partial charge in [-0.25, -0.2) is 0 Å². The molecule has 3 nitrogen and oxygen atoms in total. The molecule has 0 amide bonds. The van der Waals surface area contributed by atoms with Gasteiger partial charge in [0.25, 0.3) is 0 Å². The van der Waals surface area contributed by atoms with Crippen molar-refractivity contribution < 1.29 is 9.47 Å². The molecule has 100 valence electrons. The highest BCUT2D eigenvalue weighted by molar-refractivity contribution is 5.59. The quantitative estimate of drug-likeness (QED) is 0.718. The molecule has 0 aromatic heterocycles. The van der Waals surface area contributed by atoms with Gasteiger partial charge in [0, 0.05) is 5.56 Å². The van der Waals surface area contributed by atoms with E-state index >= 15 is 0 Å². The first-order valence-corrected chi connectivity index (χ1v) is 6.41. The lowest BCUT2D eigenvalue weighted by molar-refractivity contribution is 0.402. The zero-order chi connectivity index (χ0) is 13.2. The number of nitrogens with one attached hydrogen (secondary N) is 1. The molecule has 1 aromatic rings. The third kappa shape index (κ3) is 4.80. The maximum Gasteiger partial charge on any atom is 0.126 e. The van der Waals surface area contributed by atoms with Crippen LogP contribution in [0.2, 0.25) is 0 Å². The van der Waals surface area contributed by atoms with E-state index in [0.717, 1.165) is 36.6 Å². The standard InChI is InChI=1S/C15H23NO2/c1-4-10-16-11-6-5-7-13-12-14(17-2)8-9-15(13)18-3/h5,7-9,12,16H,4,6,10-11H2,1-3H3. The number of rotatable bonds is 8. The topological polar surface area (TPSA) is 30.5 Å². The number of methoxy groups -OCH3 is 2. The van der Waals surface area contributed by atoms with Gasteiger partial charge in [-0.2, -0.15) is 0 Å². The fourth-order valence-corrected chi connectivity index (χ4v) is 1.67. The Morgan fingerprint density at radius 1 is 1.17 bits per heavy atom. The third-order valence-corrected chi connectivity index (χ3v) is 2.65. The van der Waals surface area contributed by atoms with E-state index in [4.69, 9.17) is 9.47 Å². The molecule has 0 bridgehead atoms. The van der Waals surface area contributed by atoms with Gasteiger partial charge < -0.3 is 14.8 Å². The predicted octanol–water partition coefficient (Wildman–Crippen LogP) is 3.11. The van der Waals surface area contributed by atoms with Crippen LogP contribution in [-0.2, 0) is 0 Å². The molecule has 0 aliphatic carbocycles. The molecule has 18 heavy (non-hydrogen) atoms. The molecule has 0 atom stereocenters. The van der Waals surface area contributed by atoms with Crippen molar-refractivity contribution in [2.45, 2.75) is 19.8 Å². The van der Waals surface area contributed by atoms with Gasteiger partial charge in [0.2, 0.25) is 0 Å². The minimum absolute atomic E-state index is 0.847. The minimum atomic E-state index is 0.847. The molecular formula is C15H23NO2. The van der Waals surface area contributed by atoms with Crippen LogP contribution in [0, 0.1) is 0 Å². The van der Waals surface area contributed by atoms with Gasteiger partial charge in [0.05, 0.1) is 14.2 Å². The largest absolute Gasteiger partial charge is 0.497 e. The Morgan fingerprint density at radius 3 is 2.67 bits per heavy atom. The summed E-state index contributed by atoms with van der Waals surface area (Å²) in [5.74, 6) is 1.72. The molecule has 1 rings (SSSR count). The molecule has 0 unspecified atom stereocenters. The fourth-order valence-electron chi connectivity index (χ4n) is 1.67.